The number of nitrogens with zero attached hydrogens (tertiary/aromatic N) is 3. The van der Waals surface area contributed by atoms with Crippen molar-refractivity contribution in [1.82, 2.24) is 9.97 Å². The molecule has 0 fully saturated rings. The van der Waals surface area contributed by atoms with Crippen LogP contribution in [0.3, 0.4) is 0 Å². The van der Waals surface area contributed by atoms with Gasteiger partial charge in [0.2, 0.25) is 5.95 Å². The van der Waals surface area contributed by atoms with Gasteiger partial charge in [-0.25, -0.2) is 9.97 Å². The summed E-state index contributed by atoms with van der Waals surface area (Å²) in [6.07, 6.45) is 3.92. The fraction of sp³-hybridized carbons (Fsp3) is 0.182. The van der Waals surface area contributed by atoms with E-state index in [1.807, 2.05) is 30.0 Å². The molecule has 1 amide bonds. The second-order valence-electron chi connectivity index (χ2n) is 6.91. The summed E-state index contributed by atoms with van der Waals surface area (Å²) in [5.41, 5.74) is 3.99. The minimum Gasteiger partial charge on any atom is -0.324 e. The number of para-hydroxylation sites is 1. The molecule has 0 bridgehead atoms. The minimum absolute atomic E-state index is 0.0170. The highest BCUT2D eigenvalue weighted by Crippen LogP contribution is 2.32. The molecular weight excluding hydrogens is 352 g/mol. The number of fused-ring (bicyclic) bond motifs is 1. The number of anilines is 3. The van der Waals surface area contributed by atoms with Gasteiger partial charge in [-0.05, 0) is 56.2 Å². The molecule has 3 aromatic rings. The van der Waals surface area contributed by atoms with Crippen LogP contribution in [0.2, 0.25) is 0 Å². The molecule has 1 N–H and O–H groups in total. The summed E-state index contributed by atoms with van der Waals surface area (Å²) in [5, 5.41) is 3.07. The van der Waals surface area contributed by atoms with E-state index >= 15 is 0 Å². The Labute approximate surface area is 163 Å². The Kier molecular flexibility index (Phi) is 4.61. The van der Waals surface area contributed by atoms with Crippen LogP contribution >= 0.6 is 0 Å². The summed E-state index contributed by atoms with van der Waals surface area (Å²) in [4.78, 5) is 34.7. The molecule has 1 aliphatic heterocycles. The summed E-state index contributed by atoms with van der Waals surface area (Å²) in [7, 11) is 0. The average Bonchev–Trinajstić information content (AvgIpc) is 3.04. The number of carbonyl (C=O) groups excluding carboxylic acids is 2. The number of benzene rings is 2. The maximum Gasteiger partial charge on any atom is 0.261 e. The van der Waals surface area contributed by atoms with E-state index in [1.165, 1.54) is 24.9 Å². The van der Waals surface area contributed by atoms with E-state index in [4.69, 9.17) is 0 Å². The zero-order valence-corrected chi connectivity index (χ0v) is 15.7. The van der Waals surface area contributed by atoms with Crippen molar-refractivity contribution in [2.24, 2.45) is 0 Å². The maximum atomic E-state index is 13.0. The Bertz CT molecular complexity index is 1030. The van der Waals surface area contributed by atoms with E-state index in [0.717, 1.165) is 17.8 Å². The first-order valence-electron chi connectivity index (χ1n) is 9.14. The average molecular weight is 372 g/mol. The van der Waals surface area contributed by atoms with Crippen molar-refractivity contribution < 1.29 is 9.59 Å². The van der Waals surface area contributed by atoms with E-state index in [0.29, 0.717) is 17.1 Å². The van der Waals surface area contributed by atoms with Gasteiger partial charge in [0.25, 0.3) is 5.91 Å². The van der Waals surface area contributed by atoms with Gasteiger partial charge >= 0.3 is 0 Å². The zero-order chi connectivity index (χ0) is 19.7. The van der Waals surface area contributed by atoms with Crippen LogP contribution in [0.4, 0.5) is 17.3 Å². The maximum absolute atomic E-state index is 13.0. The first-order valence-corrected chi connectivity index (χ1v) is 9.14. The van der Waals surface area contributed by atoms with Crippen molar-refractivity contribution in [3.05, 3.63) is 77.6 Å². The molecule has 2 heterocycles. The van der Waals surface area contributed by atoms with Crippen molar-refractivity contribution in [2.75, 3.05) is 10.2 Å². The second kappa shape index (κ2) is 7.23. The van der Waals surface area contributed by atoms with Crippen LogP contribution in [0, 0.1) is 0 Å². The molecule has 0 saturated carbocycles. The standard InChI is InChI=1S/C22H20N4O2/c1-14-11-17-5-3-4-6-20(17)26(14)21(28)18-12-23-22(24-13-18)25-19-9-7-16(8-10-19)15(2)27/h3-10,12-14H,11H2,1-2H3,(H,23,24,25). The SMILES string of the molecule is CC(=O)c1ccc(Nc2ncc(C(=O)N3c4ccccc4CC3C)cn2)cc1. The highest BCUT2D eigenvalue weighted by atomic mass is 16.2. The number of carbonyl (C=O) groups is 2. The van der Waals surface area contributed by atoms with Crippen molar-refractivity contribution >= 4 is 29.0 Å². The van der Waals surface area contributed by atoms with Crippen LogP contribution < -0.4 is 10.2 Å². The third-order valence-electron chi connectivity index (χ3n) is 4.87. The molecule has 6 nitrogen and oxygen atoms in total. The Morgan fingerprint density at radius 1 is 1.00 bits per heavy atom. The molecule has 140 valence electrons. The number of hydrogen-bond acceptors (Lipinski definition) is 5. The molecule has 0 radical (unpaired) electrons. The van der Waals surface area contributed by atoms with Crippen molar-refractivity contribution in [1.29, 1.82) is 0 Å². The van der Waals surface area contributed by atoms with Gasteiger partial charge in [0.1, 0.15) is 0 Å². The summed E-state index contributed by atoms with van der Waals surface area (Å²) in [6.45, 7) is 3.57. The van der Waals surface area contributed by atoms with Gasteiger partial charge in [-0.15, -0.1) is 0 Å². The normalized spacial score (nSPS) is 15.2. The lowest BCUT2D eigenvalue weighted by atomic mass is 10.1. The number of hydrogen-bond donors (Lipinski definition) is 1. The third kappa shape index (κ3) is 3.36. The number of amides is 1. The van der Waals surface area contributed by atoms with Crippen LogP contribution in [0.15, 0.2) is 60.9 Å². The Morgan fingerprint density at radius 2 is 1.68 bits per heavy atom. The molecule has 2 aromatic carbocycles. The van der Waals surface area contributed by atoms with Crippen LogP contribution in [0.5, 0.6) is 0 Å². The summed E-state index contributed by atoms with van der Waals surface area (Å²) in [6, 6.07) is 15.1. The number of rotatable bonds is 4. The van der Waals surface area contributed by atoms with Gasteiger partial charge in [-0.1, -0.05) is 18.2 Å². The number of Topliss-reactive ketones (excluding diaryl/α,β-unsaturated/α-hetero) is 1. The number of ketones is 1. The first-order chi connectivity index (χ1) is 13.5. The quantitative estimate of drug-likeness (QED) is 0.700. The number of aromatic nitrogens is 2. The van der Waals surface area contributed by atoms with Crippen LogP contribution in [0.1, 0.15) is 40.1 Å². The van der Waals surface area contributed by atoms with Crippen molar-refractivity contribution in [2.45, 2.75) is 26.3 Å². The minimum atomic E-state index is -0.102. The molecule has 28 heavy (non-hydrogen) atoms. The van der Waals surface area contributed by atoms with Crippen LogP contribution in [-0.2, 0) is 6.42 Å². The van der Waals surface area contributed by atoms with Crippen molar-refractivity contribution in [3.8, 4) is 0 Å². The lowest BCUT2D eigenvalue weighted by Gasteiger charge is -2.22. The van der Waals surface area contributed by atoms with Gasteiger partial charge in [-0.2, -0.15) is 0 Å². The summed E-state index contributed by atoms with van der Waals surface area (Å²) in [5.74, 6) is 0.306. The highest BCUT2D eigenvalue weighted by Gasteiger charge is 2.31. The topological polar surface area (TPSA) is 75.2 Å². The van der Waals surface area contributed by atoms with E-state index in [1.54, 1.807) is 24.3 Å². The molecule has 0 spiro atoms. The van der Waals surface area contributed by atoms with Gasteiger partial charge in [0, 0.05) is 35.4 Å². The molecule has 1 aromatic heterocycles. The summed E-state index contributed by atoms with van der Waals surface area (Å²) < 4.78 is 0. The van der Waals surface area contributed by atoms with Gasteiger partial charge in [0.05, 0.1) is 5.56 Å². The second-order valence-corrected chi connectivity index (χ2v) is 6.91. The molecule has 0 saturated heterocycles. The van der Waals surface area contributed by atoms with Gasteiger partial charge in [-0.3, -0.25) is 9.59 Å². The van der Waals surface area contributed by atoms with Crippen LogP contribution in [0.25, 0.3) is 0 Å². The summed E-state index contributed by atoms with van der Waals surface area (Å²) >= 11 is 0. The Balaban J connectivity index is 1.50. The lowest BCUT2D eigenvalue weighted by molar-refractivity contribution is 0.0979. The number of nitrogens with one attached hydrogen (secondary N) is 1. The van der Waals surface area contributed by atoms with Gasteiger partial charge in [0.15, 0.2) is 5.78 Å². The molecular formula is C22H20N4O2. The molecule has 1 unspecified atom stereocenters. The molecule has 4 rings (SSSR count). The van der Waals surface area contributed by atoms with Gasteiger partial charge < -0.3 is 10.2 Å². The van der Waals surface area contributed by atoms with E-state index in [-0.39, 0.29) is 17.7 Å². The highest BCUT2D eigenvalue weighted by molar-refractivity contribution is 6.07. The molecule has 0 aliphatic carbocycles. The van der Waals surface area contributed by atoms with E-state index in [9.17, 15) is 9.59 Å². The van der Waals surface area contributed by atoms with Crippen molar-refractivity contribution in [3.63, 3.8) is 0 Å². The smallest absolute Gasteiger partial charge is 0.261 e. The van der Waals surface area contributed by atoms with Crippen LogP contribution in [-0.4, -0.2) is 27.7 Å². The first kappa shape index (κ1) is 17.9. The Morgan fingerprint density at radius 3 is 2.36 bits per heavy atom. The molecule has 6 heteroatoms. The van der Waals surface area contributed by atoms with E-state index in [2.05, 4.69) is 21.4 Å². The third-order valence-corrected chi connectivity index (χ3v) is 4.87. The van der Waals surface area contributed by atoms with E-state index < -0.39 is 0 Å². The fourth-order valence-corrected chi connectivity index (χ4v) is 3.43. The predicted octanol–water partition coefficient (Wildman–Crippen LogP) is 4.01. The monoisotopic (exact) mass is 372 g/mol. The molecule has 1 atom stereocenters. The Hall–Kier alpha value is -3.54. The molecule has 1 aliphatic rings. The zero-order valence-electron chi connectivity index (χ0n) is 15.7. The predicted molar refractivity (Wildman–Crippen MR) is 108 cm³/mol. The fourth-order valence-electron chi connectivity index (χ4n) is 3.43. The largest absolute Gasteiger partial charge is 0.324 e. The lowest BCUT2D eigenvalue weighted by Crippen LogP contribution is -2.35.